The predicted molar refractivity (Wildman–Crippen MR) is 84.8 cm³/mol. The van der Waals surface area contributed by atoms with Crippen LogP contribution in [-0.4, -0.2) is 15.0 Å². The van der Waals surface area contributed by atoms with E-state index in [0.29, 0.717) is 16.8 Å². The van der Waals surface area contributed by atoms with Gasteiger partial charge in [0.25, 0.3) is 0 Å². The molecule has 0 radical (unpaired) electrons. The lowest BCUT2D eigenvalue weighted by atomic mass is 10.1. The Labute approximate surface area is 128 Å². The van der Waals surface area contributed by atoms with Gasteiger partial charge in [0.05, 0.1) is 0 Å². The zero-order valence-corrected chi connectivity index (χ0v) is 12.6. The van der Waals surface area contributed by atoms with E-state index in [1.807, 2.05) is 24.3 Å². The van der Waals surface area contributed by atoms with Crippen LogP contribution < -0.4 is 5.32 Å². The molecule has 0 aliphatic carbocycles. The molecule has 3 rings (SSSR count). The fourth-order valence-electron chi connectivity index (χ4n) is 1.72. The fraction of sp³-hybridized carbons (Fsp3) is 0. The third kappa shape index (κ3) is 2.76. The highest BCUT2D eigenvalue weighted by atomic mass is 127. The Morgan fingerprint density at radius 3 is 2.63 bits per heavy atom. The van der Waals surface area contributed by atoms with Crippen molar-refractivity contribution < 1.29 is 0 Å². The van der Waals surface area contributed by atoms with Crippen molar-refractivity contribution in [3.63, 3.8) is 0 Å². The molecule has 2 aromatic heterocycles. The summed E-state index contributed by atoms with van der Waals surface area (Å²) in [5.74, 6) is 1.21. The summed E-state index contributed by atoms with van der Waals surface area (Å²) in [4.78, 5) is 12.7. The minimum atomic E-state index is 0.514. The van der Waals surface area contributed by atoms with Crippen LogP contribution in [0.5, 0.6) is 0 Å². The number of nitrogens with one attached hydrogen (secondary N) is 1. The van der Waals surface area contributed by atoms with Gasteiger partial charge in [-0.2, -0.15) is 0 Å². The second-order valence-electron chi connectivity index (χ2n) is 3.87. The van der Waals surface area contributed by atoms with Crippen molar-refractivity contribution >= 4 is 56.7 Å². The molecule has 0 saturated heterocycles. The van der Waals surface area contributed by atoms with Gasteiger partial charge in [0, 0.05) is 32.6 Å². The summed E-state index contributed by atoms with van der Waals surface area (Å²) < 4.78 is 0.983. The zero-order valence-electron chi connectivity index (χ0n) is 9.64. The minimum absolute atomic E-state index is 0.514. The minimum Gasteiger partial charge on any atom is -0.308 e. The van der Waals surface area contributed by atoms with Gasteiger partial charge in [0.2, 0.25) is 5.95 Å². The number of pyridine rings is 1. The van der Waals surface area contributed by atoms with E-state index in [1.54, 1.807) is 18.6 Å². The molecule has 0 aliphatic heterocycles. The fourth-order valence-corrected chi connectivity index (χ4v) is 2.17. The first-order valence-electron chi connectivity index (χ1n) is 5.51. The Morgan fingerprint density at radius 1 is 1.05 bits per heavy atom. The maximum Gasteiger partial charge on any atom is 0.228 e. The lowest BCUT2D eigenvalue weighted by Gasteiger charge is -2.07. The molecule has 0 atom stereocenters. The Bertz CT molecular complexity index is 730. The highest BCUT2D eigenvalue weighted by Crippen LogP contribution is 2.25. The van der Waals surface area contributed by atoms with Gasteiger partial charge in [-0.25, -0.2) is 15.0 Å². The maximum atomic E-state index is 6.03. The molecule has 0 saturated carbocycles. The van der Waals surface area contributed by atoms with Crippen molar-refractivity contribution in [1.29, 1.82) is 0 Å². The number of fused-ring (bicyclic) bond motifs is 1. The van der Waals surface area contributed by atoms with Crippen molar-refractivity contribution in [3.8, 4) is 0 Å². The first kappa shape index (κ1) is 12.6. The Kier molecular flexibility index (Phi) is 3.48. The van der Waals surface area contributed by atoms with Gasteiger partial charge >= 0.3 is 0 Å². The molecule has 1 aromatic carbocycles. The number of hydrogen-bond acceptors (Lipinski definition) is 4. The van der Waals surface area contributed by atoms with Crippen LogP contribution >= 0.6 is 34.2 Å². The van der Waals surface area contributed by atoms with E-state index in [-0.39, 0.29) is 0 Å². The SMILES string of the molecule is Clc1ccc2ccnc(Nc3ncc(I)cn3)c2c1. The van der Waals surface area contributed by atoms with Gasteiger partial charge in [-0.3, -0.25) is 0 Å². The molecule has 6 heteroatoms. The van der Waals surface area contributed by atoms with E-state index in [1.165, 1.54) is 0 Å². The first-order valence-corrected chi connectivity index (χ1v) is 6.97. The van der Waals surface area contributed by atoms with Crippen LogP contribution in [0.1, 0.15) is 0 Å². The van der Waals surface area contributed by atoms with Crippen molar-refractivity contribution in [3.05, 3.63) is 51.4 Å². The van der Waals surface area contributed by atoms with E-state index >= 15 is 0 Å². The molecule has 0 bridgehead atoms. The van der Waals surface area contributed by atoms with Crippen LogP contribution in [0.25, 0.3) is 10.8 Å². The number of anilines is 2. The molecular formula is C13H8ClIN4. The van der Waals surface area contributed by atoms with Crippen molar-refractivity contribution in [2.24, 2.45) is 0 Å². The lowest BCUT2D eigenvalue weighted by Crippen LogP contribution is -1.99. The second kappa shape index (κ2) is 5.26. The number of aromatic nitrogens is 3. The van der Waals surface area contributed by atoms with Crippen molar-refractivity contribution in [1.82, 2.24) is 15.0 Å². The largest absolute Gasteiger partial charge is 0.308 e. The van der Waals surface area contributed by atoms with Crippen molar-refractivity contribution in [2.75, 3.05) is 5.32 Å². The molecule has 19 heavy (non-hydrogen) atoms. The standard InChI is InChI=1S/C13H8ClIN4/c14-9-2-1-8-3-4-16-12(11(8)5-9)19-13-17-6-10(15)7-18-13/h1-7H,(H,16,17,18,19). The van der Waals surface area contributed by atoms with Gasteiger partial charge in [0.15, 0.2) is 0 Å². The number of hydrogen-bond donors (Lipinski definition) is 1. The van der Waals surface area contributed by atoms with Crippen LogP contribution in [0.15, 0.2) is 42.9 Å². The molecule has 0 spiro atoms. The van der Waals surface area contributed by atoms with Crippen LogP contribution in [0.3, 0.4) is 0 Å². The van der Waals surface area contributed by atoms with E-state index < -0.39 is 0 Å². The highest BCUT2D eigenvalue weighted by Gasteiger charge is 2.05. The second-order valence-corrected chi connectivity index (χ2v) is 5.56. The molecule has 0 fully saturated rings. The third-order valence-electron chi connectivity index (χ3n) is 2.58. The summed E-state index contributed by atoms with van der Waals surface area (Å²) in [5.41, 5.74) is 0. The van der Waals surface area contributed by atoms with E-state index in [0.717, 1.165) is 14.3 Å². The van der Waals surface area contributed by atoms with Crippen molar-refractivity contribution in [2.45, 2.75) is 0 Å². The van der Waals surface area contributed by atoms with Crippen LogP contribution in [0.4, 0.5) is 11.8 Å². The van der Waals surface area contributed by atoms with E-state index in [2.05, 4.69) is 42.9 Å². The summed E-state index contributed by atoms with van der Waals surface area (Å²) in [7, 11) is 0. The molecule has 3 aromatic rings. The topological polar surface area (TPSA) is 50.7 Å². The summed E-state index contributed by atoms with van der Waals surface area (Å²) >= 11 is 8.19. The molecular weight excluding hydrogens is 375 g/mol. The molecule has 94 valence electrons. The summed E-state index contributed by atoms with van der Waals surface area (Å²) in [6.45, 7) is 0. The smallest absolute Gasteiger partial charge is 0.228 e. The molecule has 4 nitrogen and oxygen atoms in total. The number of halogens is 2. The van der Waals surface area contributed by atoms with Gasteiger partial charge in [-0.15, -0.1) is 0 Å². The molecule has 1 N–H and O–H groups in total. The molecule has 0 unspecified atom stereocenters. The van der Waals surface area contributed by atoms with Gasteiger partial charge in [-0.05, 0) is 46.2 Å². The average Bonchev–Trinajstić information content (AvgIpc) is 2.42. The predicted octanol–water partition coefficient (Wildman–Crippen LogP) is 4.03. The first-order chi connectivity index (χ1) is 9.22. The van der Waals surface area contributed by atoms with Crippen LogP contribution in [0, 0.1) is 3.57 Å². The monoisotopic (exact) mass is 382 g/mol. The Morgan fingerprint density at radius 2 is 1.84 bits per heavy atom. The van der Waals surface area contributed by atoms with Gasteiger partial charge in [-0.1, -0.05) is 17.7 Å². The Balaban J connectivity index is 2.05. The summed E-state index contributed by atoms with van der Waals surface area (Å²) in [6, 6.07) is 7.62. The zero-order chi connectivity index (χ0) is 13.2. The molecule has 0 aliphatic rings. The van der Waals surface area contributed by atoms with E-state index in [4.69, 9.17) is 11.6 Å². The number of nitrogens with zero attached hydrogens (tertiary/aromatic N) is 3. The summed E-state index contributed by atoms with van der Waals surface area (Å²) in [5, 5.41) is 5.78. The van der Waals surface area contributed by atoms with Gasteiger partial charge < -0.3 is 5.32 Å². The average molecular weight is 383 g/mol. The van der Waals surface area contributed by atoms with Crippen LogP contribution in [0.2, 0.25) is 5.02 Å². The number of rotatable bonds is 2. The number of benzene rings is 1. The summed E-state index contributed by atoms with van der Waals surface area (Å²) in [6.07, 6.45) is 5.23. The molecule has 2 heterocycles. The quantitative estimate of drug-likeness (QED) is 0.680. The lowest BCUT2D eigenvalue weighted by molar-refractivity contribution is 1.14. The molecule has 0 amide bonds. The Hall–Kier alpha value is -1.47. The highest BCUT2D eigenvalue weighted by molar-refractivity contribution is 14.1. The third-order valence-corrected chi connectivity index (χ3v) is 3.37. The normalized spacial score (nSPS) is 10.6. The van der Waals surface area contributed by atoms with E-state index in [9.17, 15) is 0 Å². The maximum absolute atomic E-state index is 6.03. The van der Waals surface area contributed by atoms with Gasteiger partial charge in [0.1, 0.15) is 5.82 Å². The van der Waals surface area contributed by atoms with Crippen LogP contribution in [-0.2, 0) is 0 Å².